The summed E-state index contributed by atoms with van der Waals surface area (Å²) in [5.41, 5.74) is 3.17. The van der Waals surface area contributed by atoms with Crippen molar-refractivity contribution < 1.29 is 42.8 Å². The number of methoxy groups -OCH3 is 1. The number of carbonyl (C=O) groups is 3. The van der Waals surface area contributed by atoms with Crippen LogP contribution in [-0.2, 0) is 28.5 Å². The van der Waals surface area contributed by atoms with Crippen molar-refractivity contribution in [2.45, 2.75) is 64.8 Å². The Morgan fingerprint density at radius 2 is 1.74 bits per heavy atom. The third-order valence-corrected chi connectivity index (χ3v) is 6.28. The molecule has 206 valence electrons. The molecule has 0 spiro atoms. The third kappa shape index (κ3) is 8.29. The van der Waals surface area contributed by atoms with Crippen LogP contribution in [0, 0.1) is 6.92 Å². The Hall–Kier alpha value is -3.43. The summed E-state index contributed by atoms with van der Waals surface area (Å²) in [5.74, 6) is -0.301. The number of esters is 2. The maximum absolute atomic E-state index is 12.6. The third-order valence-electron chi connectivity index (χ3n) is 6.28. The number of unbranched alkanes of at least 4 members (excludes halogenated alkanes) is 1. The first-order chi connectivity index (χ1) is 18.3. The fourth-order valence-electron chi connectivity index (χ4n) is 4.17. The first-order valence-electron chi connectivity index (χ1n) is 12.9. The van der Waals surface area contributed by atoms with Gasteiger partial charge in [0.05, 0.1) is 24.9 Å². The number of benzene rings is 2. The molecule has 0 amide bonds. The second-order valence-corrected chi connectivity index (χ2v) is 9.04. The fraction of sp³-hybridized carbons (Fsp3) is 0.483. The SMILES string of the molecule is CCC(=O)OCCCCOC(=O)Oc1ccc(-c2ccc(C(=O)OC(C)[C@H]3OCC[C@H]3OC)cc2)c(C)c1. The van der Waals surface area contributed by atoms with Gasteiger partial charge in [-0.05, 0) is 74.1 Å². The van der Waals surface area contributed by atoms with Crippen molar-refractivity contribution in [2.24, 2.45) is 0 Å². The normalized spacial score (nSPS) is 17.5. The highest BCUT2D eigenvalue weighted by Crippen LogP contribution is 2.28. The van der Waals surface area contributed by atoms with E-state index in [0.29, 0.717) is 43.8 Å². The molecule has 1 aliphatic rings. The molecule has 0 N–H and O–H groups in total. The van der Waals surface area contributed by atoms with Gasteiger partial charge in [0.1, 0.15) is 18.0 Å². The summed E-state index contributed by atoms with van der Waals surface area (Å²) >= 11 is 0. The van der Waals surface area contributed by atoms with Gasteiger partial charge in [0.25, 0.3) is 0 Å². The van der Waals surface area contributed by atoms with E-state index < -0.39 is 18.2 Å². The molecule has 0 saturated carbocycles. The molecule has 3 atom stereocenters. The molecule has 0 aliphatic carbocycles. The van der Waals surface area contributed by atoms with Gasteiger partial charge in [-0.3, -0.25) is 4.79 Å². The zero-order valence-electron chi connectivity index (χ0n) is 22.4. The lowest BCUT2D eigenvalue weighted by Crippen LogP contribution is -2.36. The van der Waals surface area contributed by atoms with Crippen molar-refractivity contribution in [1.82, 2.24) is 0 Å². The number of rotatable bonds is 12. The van der Waals surface area contributed by atoms with Gasteiger partial charge in [0, 0.05) is 20.1 Å². The molecule has 38 heavy (non-hydrogen) atoms. The van der Waals surface area contributed by atoms with Crippen molar-refractivity contribution in [2.75, 3.05) is 26.9 Å². The fourth-order valence-corrected chi connectivity index (χ4v) is 4.17. The summed E-state index contributed by atoms with van der Waals surface area (Å²) in [4.78, 5) is 35.7. The molecule has 1 aliphatic heterocycles. The molecule has 2 aromatic rings. The maximum Gasteiger partial charge on any atom is 0.513 e. The minimum Gasteiger partial charge on any atom is -0.466 e. The average Bonchev–Trinajstić information content (AvgIpc) is 3.40. The molecule has 1 saturated heterocycles. The van der Waals surface area contributed by atoms with Gasteiger partial charge >= 0.3 is 18.1 Å². The maximum atomic E-state index is 12.6. The topological polar surface area (TPSA) is 107 Å². The van der Waals surface area contributed by atoms with Crippen LogP contribution in [0.3, 0.4) is 0 Å². The summed E-state index contributed by atoms with van der Waals surface area (Å²) in [6, 6.07) is 12.4. The molecule has 1 fully saturated rings. The molecule has 9 heteroatoms. The van der Waals surface area contributed by atoms with Crippen LogP contribution in [0.1, 0.15) is 55.5 Å². The lowest BCUT2D eigenvalue weighted by atomic mass is 9.99. The summed E-state index contributed by atoms with van der Waals surface area (Å²) < 4.78 is 32.0. The molecule has 2 aromatic carbocycles. The van der Waals surface area contributed by atoms with Gasteiger partial charge in [0.15, 0.2) is 0 Å². The van der Waals surface area contributed by atoms with Gasteiger partial charge in [-0.25, -0.2) is 9.59 Å². The summed E-state index contributed by atoms with van der Waals surface area (Å²) in [5, 5.41) is 0. The predicted molar refractivity (Wildman–Crippen MR) is 139 cm³/mol. The Balaban J connectivity index is 1.49. The molecule has 9 nitrogen and oxygen atoms in total. The van der Waals surface area contributed by atoms with E-state index in [4.69, 9.17) is 28.4 Å². The minimum atomic E-state index is -0.792. The van der Waals surface area contributed by atoms with Crippen molar-refractivity contribution in [3.8, 4) is 16.9 Å². The van der Waals surface area contributed by atoms with E-state index in [-0.39, 0.29) is 24.8 Å². The standard InChI is InChI=1S/C29H36O9/c1-5-26(30)34-15-6-7-16-36-29(32)38-23-12-13-24(19(2)18-23)21-8-10-22(11-9-21)28(31)37-20(3)27-25(33-4)14-17-35-27/h8-13,18,20,25,27H,5-7,14-17H2,1-4H3/t20?,25-,27-/m1/s1. The first-order valence-corrected chi connectivity index (χ1v) is 12.9. The Morgan fingerprint density at radius 3 is 2.39 bits per heavy atom. The highest BCUT2D eigenvalue weighted by Gasteiger charge is 2.35. The second kappa shape index (κ2) is 14.5. The number of hydrogen-bond acceptors (Lipinski definition) is 9. The van der Waals surface area contributed by atoms with Crippen molar-refractivity contribution in [1.29, 1.82) is 0 Å². The van der Waals surface area contributed by atoms with Gasteiger partial charge < -0.3 is 28.4 Å². The first kappa shape index (κ1) is 29.1. The molecule has 0 aromatic heterocycles. The molecule has 0 radical (unpaired) electrons. The Bertz CT molecular complexity index is 1080. The lowest BCUT2D eigenvalue weighted by molar-refractivity contribution is -0.143. The Morgan fingerprint density at radius 1 is 1.03 bits per heavy atom. The van der Waals surface area contributed by atoms with E-state index in [0.717, 1.165) is 23.1 Å². The average molecular weight is 529 g/mol. The second-order valence-electron chi connectivity index (χ2n) is 9.04. The smallest absolute Gasteiger partial charge is 0.466 e. The molecule has 0 bridgehead atoms. The van der Waals surface area contributed by atoms with Crippen molar-refractivity contribution in [3.63, 3.8) is 0 Å². The molecular formula is C29H36O9. The molecule has 1 unspecified atom stereocenters. The van der Waals surface area contributed by atoms with Gasteiger partial charge in [-0.1, -0.05) is 25.1 Å². The highest BCUT2D eigenvalue weighted by molar-refractivity contribution is 5.90. The van der Waals surface area contributed by atoms with Crippen LogP contribution >= 0.6 is 0 Å². The van der Waals surface area contributed by atoms with Crippen LogP contribution in [0.25, 0.3) is 11.1 Å². The van der Waals surface area contributed by atoms with Crippen LogP contribution in [0.4, 0.5) is 4.79 Å². The Labute approximate surface area is 223 Å². The molecule has 3 rings (SSSR count). The van der Waals surface area contributed by atoms with Crippen molar-refractivity contribution in [3.05, 3.63) is 53.6 Å². The lowest BCUT2D eigenvalue weighted by Gasteiger charge is -2.23. The van der Waals surface area contributed by atoms with Crippen LogP contribution in [0.15, 0.2) is 42.5 Å². The number of hydrogen-bond donors (Lipinski definition) is 0. The van der Waals surface area contributed by atoms with E-state index >= 15 is 0 Å². The van der Waals surface area contributed by atoms with Gasteiger partial charge in [-0.2, -0.15) is 0 Å². The van der Waals surface area contributed by atoms with Gasteiger partial charge in [-0.15, -0.1) is 0 Å². The van der Waals surface area contributed by atoms with Gasteiger partial charge in [0.2, 0.25) is 0 Å². The quantitative estimate of drug-likeness (QED) is 0.158. The Kier molecular flexibility index (Phi) is 11.1. The zero-order chi connectivity index (χ0) is 27.5. The highest BCUT2D eigenvalue weighted by atomic mass is 16.7. The van der Waals surface area contributed by atoms with Crippen molar-refractivity contribution >= 4 is 18.1 Å². The van der Waals surface area contributed by atoms with E-state index in [9.17, 15) is 14.4 Å². The largest absolute Gasteiger partial charge is 0.513 e. The van der Waals surface area contributed by atoms with Crippen LogP contribution in [0.5, 0.6) is 5.75 Å². The van der Waals surface area contributed by atoms with Crippen LogP contribution in [-0.4, -0.2) is 63.3 Å². The molecule has 1 heterocycles. The van der Waals surface area contributed by atoms with E-state index in [1.807, 2.05) is 32.0 Å². The molecular weight excluding hydrogens is 492 g/mol. The van der Waals surface area contributed by atoms with Crippen LogP contribution < -0.4 is 4.74 Å². The van der Waals surface area contributed by atoms with E-state index in [2.05, 4.69) is 0 Å². The van der Waals surface area contributed by atoms with Crippen LogP contribution in [0.2, 0.25) is 0 Å². The van der Waals surface area contributed by atoms with E-state index in [1.54, 1.807) is 38.3 Å². The van der Waals surface area contributed by atoms with E-state index in [1.165, 1.54) is 0 Å². The number of ether oxygens (including phenoxy) is 6. The monoisotopic (exact) mass is 528 g/mol. The number of carbonyl (C=O) groups excluding carboxylic acids is 3. The number of aryl methyl sites for hydroxylation is 1. The zero-order valence-corrected chi connectivity index (χ0v) is 22.4. The summed E-state index contributed by atoms with van der Waals surface area (Å²) in [6.07, 6.45) is 0.705. The predicted octanol–water partition coefficient (Wildman–Crippen LogP) is 5.26. The minimum absolute atomic E-state index is 0.0829. The summed E-state index contributed by atoms with van der Waals surface area (Å²) in [7, 11) is 1.63. The summed E-state index contributed by atoms with van der Waals surface area (Å²) in [6.45, 7) is 6.51.